The van der Waals surface area contributed by atoms with E-state index < -0.39 is 10.0 Å². The summed E-state index contributed by atoms with van der Waals surface area (Å²) in [6.07, 6.45) is 2.94. The summed E-state index contributed by atoms with van der Waals surface area (Å²) >= 11 is 0. The third-order valence-electron chi connectivity index (χ3n) is 4.58. The van der Waals surface area contributed by atoms with Crippen LogP contribution in [0.4, 0.5) is 0 Å². The van der Waals surface area contributed by atoms with Gasteiger partial charge in [-0.2, -0.15) is 4.31 Å². The van der Waals surface area contributed by atoms with Gasteiger partial charge >= 0.3 is 0 Å². The first-order chi connectivity index (χ1) is 10.0. The maximum atomic E-state index is 12.9. The van der Waals surface area contributed by atoms with E-state index in [2.05, 4.69) is 0 Å². The van der Waals surface area contributed by atoms with Crippen LogP contribution < -0.4 is 5.73 Å². The molecule has 2 aliphatic rings. The van der Waals surface area contributed by atoms with Crippen LogP contribution in [-0.4, -0.2) is 38.0 Å². The van der Waals surface area contributed by atoms with Crippen molar-refractivity contribution in [3.05, 3.63) is 29.3 Å². The molecule has 1 heterocycles. The number of morpholine rings is 1. The van der Waals surface area contributed by atoms with Crippen LogP contribution in [0.2, 0.25) is 0 Å². The maximum Gasteiger partial charge on any atom is 0.243 e. The highest BCUT2D eigenvalue weighted by Gasteiger charge is 2.42. The van der Waals surface area contributed by atoms with E-state index in [9.17, 15) is 8.42 Å². The third kappa shape index (κ3) is 2.61. The van der Waals surface area contributed by atoms with Crippen molar-refractivity contribution in [1.29, 1.82) is 0 Å². The molecule has 5 nitrogen and oxygen atoms in total. The molecule has 2 N–H and O–H groups in total. The molecular formula is C15H22N2O3S. The molecule has 21 heavy (non-hydrogen) atoms. The van der Waals surface area contributed by atoms with Crippen molar-refractivity contribution in [3.63, 3.8) is 0 Å². The van der Waals surface area contributed by atoms with E-state index in [0.29, 0.717) is 24.6 Å². The topological polar surface area (TPSA) is 72.6 Å². The Morgan fingerprint density at radius 2 is 2.19 bits per heavy atom. The molecule has 1 aliphatic carbocycles. The number of hydrogen-bond acceptors (Lipinski definition) is 4. The van der Waals surface area contributed by atoms with Crippen molar-refractivity contribution in [2.45, 2.75) is 49.8 Å². The molecule has 2 atom stereocenters. The summed E-state index contributed by atoms with van der Waals surface area (Å²) < 4.78 is 33.2. The van der Waals surface area contributed by atoms with Gasteiger partial charge in [0.2, 0.25) is 10.0 Å². The van der Waals surface area contributed by atoms with Gasteiger partial charge < -0.3 is 10.5 Å². The average molecular weight is 310 g/mol. The number of rotatable bonds is 3. The number of sulfonamides is 1. The molecule has 0 bridgehead atoms. The van der Waals surface area contributed by atoms with Crippen molar-refractivity contribution in [2.75, 3.05) is 13.2 Å². The van der Waals surface area contributed by atoms with E-state index in [1.54, 1.807) is 16.4 Å². The van der Waals surface area contributed by atoms with Crippen molar-refractivity contribution < 1.29 is 13.2 Å². The van der Waals surface area contributed by atoms with E-state index >= 15 is 0 Å². The van der Waals surface area contributed by atoms with Crippen LogP contribution in [0.5, 0.6) is 0 Å². The Morgan fingerprint density at radius 3 is 2.95 bits per heavy atom. The third-order valence-corrected chi connectivity index (χ3v) is 6.50. The lowest BCUT2D eigenvalue weighted by atomic mass is 10.1. The van der Waals surface area contributed by atoms with Crippen LogP contribution in [0.25, 0.3) is 0 Å². The fourth-order valence-corrected chi connectivity index (χ4v) is 5.07. The lowest BCUT2D eigenvalue weighted by molar-refractivity contribution is -0.0241. The van der Waals surface area contributed by atoms with Crippen molar-refractivity contribution in [1.82, 2.24) is 4.31 Å². The zero-order valence-electron chi connectivity index (χ0n) is 12.3. The van der Waals surface area contributed by atoms with E-state index in [-0.39, 0.29) is 12.1 Å². The van der Waals surface area contributed by atoms with E-state index in [1.165, 1.54) is 0 Å². The summed E-state index contributed by atoms with van der Waals surface area (Å²) in [5, 5.41) is 0. The molecule has 1 saturated carbocycles. The Bertz CT molecular complexity index is 630. The summed E-state index contributed by atoms with van der Waals surface area (Å²) in [5.74, 6) is 0. The average Bonchev–Trinajstić information content (AvgIpc) is 2.95. The molecule has 116 valence electrons. The quantitative estimate of drug-likeness (QED) is 0.916. The van der Waals surface area contributed by atoms with E-state index in [4.69, 9.17) is 10.5 Å². The predicted octanol–water partition coefficient (Wildman–Crippen LogP) is 1.40. The summed E-state index contributed by atoms with van der Waals surface area (Å²) in [7, 11) is -3.47. The first-order valence-corrected chi connectivity index (χ1v) is 8.91. The Labute approximate surface area is 126 Å². The number of hydrogen-bond donors (Lipinski definition) is 1. The van der Waals surface area contributed by atoms with Gasteiger partial charge in [0.15, 0.2) is 0 Å². The number of aryl methyl sites for hydroxylation is 1. The highest BCUT2D eigenvalue weighted by atomic mass is 32.2. The number of nitrogens with two attached hydrogens (primary N) is 1. The summed E-state index contributed by atoms with van der Waals surface area (Å²) in [6, 6.07) is 5.22. The smallest absolute Gasteiger partial charge is 0.243 e. The van der Waals surface area contributed by atoms with Crippen LogP contribution in [0.1, 0.15) is 30.4 Å². The normalized spacial score (nSPS) is 26.8. The number of nitrogens with zero attached hydrogens (tertiary/aromatic N) is 1. The van der Waals surface area contributed by atoms with Gasteiger partial charge in [-0.25, -0.2) is 8.42 Å². The monoisotopic (exact) mass is 310 g/mol. The molecule has 2 unspecified atom stereocenters. The minimum Gasteiger partial charge on any atom is -0.375 e. The van der Waals surface area contributed by atoms with Gasteiger partial charge in [0.25, 0.3) is 0 Å². The van der Waals surface area contributed by atoms with Gasteiger partial charge in [0, 0.05) is 13.1 Å². The van der Waals surface area contributed by atoms with Gasteiger partial charge in [0.05, 0.1) is 23.6 Å². The van der Waals surface area contributed by atoms with Crippen LogP contribution in [0, 0.1) is 6.92 Å². The second-order valence-electron chi connectivity index (χ2n) is 5.82. The Kier molecular flexibility index (Phi) is 4.05. The minimum absolute atomic E-state index is 0.00798. The molecule has 0 amide bonds. The standard InChI is InChI=1S/C15H22N2O3S/c1-11-5-6-13(9-12(11)10-16)21(18,19)17-7-8-20-15-4-2-3-14(15)17/h5-6,9,14-15H,2-4,7-8,10,16H2,1H3. The second-order valence-corrected chi connectivity index (χ2v) is 7.71. The largest absolute Gasteiger partial charge is 0.375 e. The van der Waals surface area contributed by atoms with Crippen LogP contribution >= 0.6 is 0 Å². The van der Waals surface area contributed by atoms with Gasteiger partial charge in [-0.15, -0.1) is 0 Å². The molecule has 3 rings (SSSR count). The Balaban J connectivity index is 1.96. The molecule has 1 aromatic rings. The summed E-state index contributed by atoms with van der Waals surface area (Å²) in [6.45, 7) is 3.22. The number of benzene rings is 1. The zero-order chi connectivity index (χ0) is 15.0. The number of ether oxygens (including phenoxy) is 1. The van der Waals surface area contributed by atoms with Gasteiger partial charge in [-0.1, -0.05) is 6.07 Å². The first-order valence-electron chi connectivity index (χ1n) is 7.47. The van der Waals surface area contributed by atoms with Crippen LogP contribution in [-0.2, 0) is 21.3 Å². The fraction of sp³-hybridized carbons (Fsp3) is 0.600. The maximum absolute atomic E-state index is 12.9. The molecule has 0 radical (unpaired) electrons. The molecule has 1 aromatic carbocycles. The SMILES string of the molecule is Cc1ccc(S(=O)(=O)N2CCOC3CCCC32)cc1CN. The zero-order valence-corrected chi connectivity index (χ0v) is 13.1. The highest BCUT2D eigenvalue weighted by molar-refractivity contribution is 7.89. The summed E-state index contributed by atoms with van der Waals surface area (Å²) in [4.78, 5) is 0.348. The fourth-order valence-electron chi connectivity index (χ4n) is 3.35. The Hall–Kier alpha value is -0.950. The van der Waals surface area contributed by atoms with Gasteiger partial charge in [-0.05, 0) is 49.4 Å². The van der Waals surface area contributed by atoms with Gasteiger partial charge in [0.1, 0.15) is 0 Å². The molecule has 0 spiro atoms. The summed E-state index contributed by atoms with van der Waals surface area (Å²) in [5.41, 5.74) is 7.61. The van der Waals surface area contributed by atoms with E-state index in [1.807, 2.05) is 13.0 Å². The molecule has 1 saturated heterocycles. The molecule has 1 aliphatic heterocycles. The number of fused-ring (bicyclic) bond motifs is 1. The lowest BCUT2D eigenvalue weighted by Gasteiger charge is -2.36. The molecule has 0 aromatic heterocycles. The minimum atomic E-state index is -3.47. The van der Waals surface area contributed by atoms with E-state index in [0.717, 1.165) is 30.4 Å². The molecule has 2 fully saturated rings. The molecular weight excluding hydrogens is 288 g/mol. The van der Waals surface area contributed by atoms with Crippen molar-refractivity contribution >= 4 is 10.0 Å². The first kappa shape index (κ1) is 15.0. The second kappa shape index (κ2) is 5.68. The molecule has 6 heteroatoms. The lowest BCUT2D eigenvalue weighted by Crippen LogP contribution is -2.51. The highest BCUT2D eigenvalue weighted by Crippen LogP contribution is 2.33. The van der Waals surface area contributed by atoms with Crippen LogP contribution in [0.15, 0.2) is 23.1 Å². The van der Waals surface area contributed by atoms with Gasteiger partial charge in [-0.3, -0.25) is 0 Å². The van der Waals surface area contributed by atoms with Crippen LogP contribution in [0.3, 0.4) is 0 Å². The predicted molar refractivity (Wildman–Crippen MR) is 80.3 cm³/mol. The van der Waals surface area contributed by atoms with Crippen molar-refractivity contribution in [3.8, 4) is 0 Å². The Morgan fingerprint density at radius 1 is 1.38 bits per heavy atom. The van der Waals surface area contributed by atoms with Crippen molar-refractivity contribution in [2.24, 2.45) is 5.73 Å².